The van der Waals surface area contributed by atoms with Crippen LogP contribution in [-0.2, 0) is 0 Å². The summed E-state index contributed by atoms with van der Waals surface area (Å²) in [4.78, 5) is 8.81. The van der Waals surface area contributed by atoms with Gasteiger partial charge in [-0.3, -0.25) is 9.97 Å². The summed E-state index contributed by atoms with van der Waals surface area (Å²) in [7, 11) is 0. The largest absolute Gasteiger partial charge is 0.493 e. The maximum atomic E-state index is 5.79. The summed E-state index contributed by atoms with van der Waals surface area (Å²) >= 11 is 0. The summed E-state index contributed by atoms with van der Waals surface area (Å²) in [6, 6.07) is 7.66. The molecule has 2 aromatic heterocycles. The van der Waals surface area contributed by atoms with E-state index in [0.29, 0.717) is 0 Å². The van der Waals surface area contributed by atoms with Crippen LogP contribution in [0.3, 0.4) is 0 Å². The van der Waals surface area contributed by atoms with Gasteiger partial charge in [0.1, 0.15) is 11.5 Å². The van der Waals surface area contributed by atoms with Crippen LogP contribution in [0.5, 0.6) is 11.5 Å². The summed E-state index contributed by atoms with van der Waals surface area (Å²) in [5.41, 5.74) is 1.61. The van der Waals surface area contributed by atoms with Gasteiger partial charge < -0.3 is 9.47 Å². The minimum absolute atomic E-state index is 0.741. The fourth-order valence-corrected chi connectivity index (χ4v) is 2.37. The lowest BCUT2D eigenvalue weighted by atomic mass is 10.2. The van der Waals surface area contributed by atoms with Gasteiger partial charge in [0.15, 0.2) is 0 Å². The molecule has 0 saturated heterocycles. The lowest BCUT2D eigenvalue weighted by molar-refractivity contribution is 0.305. The number of aromatic nitrogens is 2. The molecule has 0 atom stereocenters. The van der Waals surface area contributed by atoms with Crippen molar-refractivity contribution in [3.05, 3.63) is 36.7 Å². The second kappa shape index (κ2) is 10.6. The lowest BCUT2D eigenvalue weighted by Gasteiger charge is -2.09. The molecule has 0 aliphatic carbocycles. The zero-order chi connectivity index (χ0) is 17.0. The molecule has 0 unspecified atom stereocenters. The molecule has 2 rings (SSSR count). The van der Waals surface area contributed by atoms with Gasteiger partial charge in [0.05, 0.1) is 24.6 Å². The highest BCUT2D eigenvalue weighted by atomic mass is 16.5. The molecule has 0 amide bonds. The number of hydrogen-bond donors (Lipinski definition) is 0. The molecule has 0 spiro atoms. The highest BCUT2D eigenvalue weighted by Gasteiger charge is 2.05. The highest BCUT2D eigenvalue weighted by Crippen LogP contribution is 2.23. The van der Waals surface area contributed by atoms with Crippen molar-refractivity contribution in [3.63, 3.8) is 0 Å². The minimum Gasteiger partial charge on any atom is -0.493 e. The summed E-state index contributed by atoms with van der Waals surface area (Å²) < 4.78 is 11.6. The van der Waals surface area contributed by atoms with Crippen molar-refractivity contribution in [2.75, 3.05) is 13.2 Å². The van der Waals surface area contributed by atoms with Gasteiger partial charge in [0.25, 0.3) is 0 Å². The van der Waals surface area contributed by atoms with E-state index in [1.165, 1.54) is 25.7 Å². The lowest BCUT2D eigenvalue weighted by Crippen LogP contribution is -1.99. The van der Waals surface area contributed by atoms with Crippen LogP contribution in [-0.4, -0.2) is 23.2 Å². The van der Waals surface area contributed by atoms with E-state index in [2.05, 4.69) is 23.8 Å². The molecule has 0 radical (unpaired) electrons. The zero-order valence-corrected chi connectivity index (χ0v) is 14.8. The Balaban J connectivity index is 1.97. The SMILES string of the molecule is CCCCCOc1ccnc(-c2cc(OCCCCC)ccn2)c1. The Labute approximate surface area is 145 Å². The summed E-state index contributed by atoms with van der Waals surface area (Å²) in [5.74, 6) is 1.68. The van der Waals surface area contributed by atoms with Crippen LogP contribution in [0.25, 0.3) is 11.4 Å². The second-order valence-electron chi connectivity index (χ2n) is 5.86. The molecule has 130 valence electrons. The van der Waals surface area contributed by atoms with Gasteiger partial charge in [-0.15, -0.1) is 0 Å². The van der Waals surface area contributed by atoms with Crippen molar-refractivity contribution in [2.24, 2.45) is 0 Å². The number of nitrogens with zero attached hydrogens (tertiary/aromatic N) is 2. The van der Waals surface area contributed by atoms with Crippen molar-refractivity contribution >= 4 is 0 Å². The van der Waals surface area contributed by atoms with Crippen LogP contribution in [0.4, 0.5) is 0 Å². The van der Waals surface area contributed by atoms with Crippen LogP contribution >= 0.6 is 0 Å². The molecule has 4 heteroatoms. The predicted octanol–water partition coefficient (Wildman–Crippen LogP) is 5.28. The Morgan fingerprint density at radius 2 is 1.17 bits per heavy atom. The second-order valence-corrected chi connectivity index (χ2v) is 5.86. The summed E-state index contributed by atoms with van der Waals surface area (Å²) in [5, 5.41) is 0. The average molecular weight is 328 g/mol. The standard InChI is InChI=1S/C20H28N2O2/c1-3-5-7-13-23-17-9-11-21-19(15-17)20-16-18(10-12-22-20)24-14-8-6-4-2/h9-12,15-16H,3-8,13-14H2,1-2H3. The monoisotopic (exact) mass is 328 g/mol. The molecule has 0 N–H and O–H groups in total. The molecule has 0 saturated carbocycles. The molecule has 2 aromatic rings. The van der Waals surface area contributed by atoms with Gasteiger partial charge in [0.2, 0.25) is 0 Å². The Morgan fingerprint density at radius 3 is 1.58 bits per heavy atom. The molecule has 0 aliphatic rings. The first-order valence-corrected chi connectivity index (χ1v) is 9.01. The van der Waals surface area contributed by atoms with Gasteiger partial charge in [-0.1, -0.05) is 39.5 Å². The number of unbranched alkanes of at least 4 members (excludes halogenated alkanes) is 4. The van der Waals surface area contributed by atoms with E-state index in [1.807, 2.05) is 24.3 Å². The Bertz CT molecular complexity index is 548. The van der Waals surface area contributed by atoms with E-state index in [1.54, 1.807) is 12.4 Å². The molecule has 0 aromatic carbocycles. The van der Waals surface area contributed by atoms with Crippen molar-refractivity contribution < 1.29 is 9.47 Å². The van der Waals surface area contributed by atoms with Crippen LogP contribution < -0.4 is 9.47 Å². The third-order valence-electron chi connectivity index (χ3n) is 3.76. The molecule has 0 fully saturated rings. The summed E-state index contributed by atoms with van der Waals surface area (Å²) in [6.45, 7) is 5.86. The molecule has 2 heterocycles. The van der Waals surface area contributed by atoms with Crippen molar-refractivity contribution in [3.8, 4) is 22.9 Å². The summed E-state index contributed by atoms with van der Waals surface area (Å²) in [6.07, 6.45) is 10.5. The van der Waals surface area contributed by atoms with E-state index in [0.717, 1.165) is 48.9 Å². The molecule has 0 aliphatic heterocycles. The Hall–Kier alpha value is -2.10. The highest BCUT2D eigenvalue weighted by molar-refractivity contribution is 5.57. The van der Waals surface area contributed by atoms with E-state index < -0.39 is 0 Å². The van der Waals surface area contributed by atoms with Gasteiger partial charge >= 0.3 is 0 Å². The van der Waals surface area contributed by atoms with Gasteiger partial charge in [-0.05, 0) is 25.0 Å². The molecule has 24 heavy (non-hydrogen) atoms. The van der Waals surface area contributed by atoms with Gasteiger partial charge in [0, 0.05) is 24.5 Å². The van der Waals surface area contributed by atoms with Crippen LogP contribution in [0.2, 0.25) is 0 Å². The first kappa shape index (κ1) is 18.2. The molecule has 0 bridgehead atoms. The quantitative estimate of drug-likeness (QED) is 0.526. The smallest absolute Gasteiger partial charge is 0.123 e. The Kier molecular flexibility index (Phi) is 8.08. The first-order valence-electron chi connectivity index (χ1n) is 9.01. The topological polar surface area (TPSA) is 44.2 Å². The number of hydrogen-bond acceptors (Lipinski definition) is 4. The van der Waals surface area contributed by atoms with Gasteiger partial charge in [-0.25, -0.2) is 0 Å². The third kappa shape index (κ3) is 6.19. The number of ether oxygens (including phenoxy) is 2. The maximum Gasteiger partial charge on any atom is 0.123 e. The first-order chi connectivity index (χ1) is 11.8. The van der Waals surface area contributed by atoms with Crippen LogP contribution in [0.1, 0.15) is 52.4 Å². The fraction of sp³-hybridized carbons (Fsp3) is 0.500. The number of rotatable bonds is 11. The van der Waals surface area contributed by atoms with E-state index >= 15 is 0 Å². The maximum absolute atomic E-state index is 5.79. The van der Waals surface area contributed by atoms with Crippen LogP contribution in [0.15, 0.2) is 36.7 Å². The molecule has 4 nitrogen and oxygen atoms in total. The van der Waals surface area contributed by atoms with Gasteiger partial charge in [-0.2, -0.15) is 0 Å². The van der Waals surface area contributed by atoms with Crippen molar-refractivity contribution in [2.45, 2.75) is 52.4 Å². The zero-order valence-electron chi connectivity index (χ0n) is 14.8. The van der Waals surface area contributed by atoms with Crippen LogP contribution in [0, 0.1) is 0 Å². The average Bonchev–Trinajstić information content (AvgIpc) is 2.63. The fourth-order valence-electron chi connectivity index (χ4n) is 2.37. The molecular formula is C20H28N2O2. The van der Waals surface area contributed by atoms with E-state index in [-0.39, 0.29) is 0 Å². The third-order valence-corrected chi connectivity index (χ3v) is 3.76. The Morgan fingerprint density at radius 1 is 0.708 bits per heavy atom. The van der Waals surface area contributed by atoms with Crippen molar-refractivity contribution in [1.29, 1.82) is 0 Å². The van der Waals surface area contributed by atoms with E-state index in [4.69, 9.17) is 9.47 Å². The molecular weight excluding hydrogens is 300 g/mol. The predicted molar refractivity (Wildman–Crippen MR) is 97.5 cm³/mol. The minimum atomic E-state index is 0.741. The van der Waals surface area contributed by atoms with E-state index in [9.17, 15) is 0 Å². The number of pyridine rings is 2. The van der Waals surface area contributed by atoms with Crippen molar-refractivity contribution in [1.82, 2.24) is 9.97 Å². The normalized spacial score (nSPS) is 10.6.